The number of imidazole rings is 1. The Labute approximate surface area is 132 Å². The molecule has 0 saturated carbocycles. The summed E-state index contributed by atoms with van der Waals surface area (Å²) in [5.74, 6) is 3.61. The molecule has 0 bridgehead atoms. The van der Waals surface area contributed by atoms with Crippen molar-refractivity contribution in [3.05, 3.63) is 48.4 Å². The van der Waals surface area contributed by atoms with Gasteiger partial charge in [-0.1, -0.05) is 12.1 Å². The summed E-state index contributed by atoms with van der Waals surface area (Å²) in [7, 11) is 0. The highest BCUT2D eigenvalue weighted by molar-refractivity contribution is 7.99. The zero-order chi connectivity index (χ0) is 14.9. The van der Waals surface area contributed by atoms with Gasteiger partial charge in [-0.2, -0.15) is 11.8 Å². The number of thioether (sulfide) groups is 1. The van der Waals surface area contributed by atoms with E-state index >= 15 is 0 Å². The molecule has 3 aromatic rings. The lowest BCUT2D eigenvalue weighted by molar-refractivity contribution is 0.502. The number of aromatic nitrogens is 3. The molecule has 0 radical (unpaired) electrons. The Morgan fingerprint density at radius 3 is 3.05 bits per heavy atom. The molecular weight excluding hydrogens is 297 g/mol. The third-order valence-electron chi connectivity index (χ3n) is 4.05. The van der Waals surface area contributed by atoms with E-state index in [4.69, 9.17) is 4.98 Å². The second kappa shape index (κ2) is 5.72. The van der Waals surface area contributed by atoms with Crippen molar-refractivity contribution >= 4 is 22.9 Å². The zero-order valence-corrected chi connectivity index (χ0v) is 12.9. The van der Waals surface area contributed by atoms with Gasteiger partial charge in [0.15, 0.2) is 5.65 Å². The largest absolute Gasteiger partial charge is 0.308 e. The Bertz CT molecular complexity index is 809. The van der Waals surface area contributed by atoms with Gasteiger partial charge in [0.1, 0.15) is 17.2 Å². The van der Waals surface area contributed by atoms with Crippen LogP contribution in [-0.4, -0.2) is 26.0 Å². The van der Waals surface area contributed by atoms with Gasteiger partial charge in [0, 0.05) is 18.3 Å². The molecule has 0 aliphatic carbocycles. The van der Waals surface area contributed by atoms with Crippen LogP contribution in [0.15, 0.2) is 42.6 Å². The van der Waals surface area contributed by atoms with Crippen LogP contribution in [-0.2, 0) is 6.54 Å². The minimum absolute atomic E-state index is 0.236. The molecule has 4 rings (SSSR count). The molecular formula is C17H16FN3S. The first-order valence-electron chi connectivity index (χ1n) is 7.46. The van der Waals surface area contributed by atoms with E-state index in [1.165, 1.54) is 24.0 Å². The molecule has 1 aliphatic heterocycles. The molecule has 1 aliphatic rings. The van der Waals surface area contributed by atoms with E-state index < -0.39 is 0 Å². The topological polar surface area (TPSA) is 30.7 Å². The summed E-state index contributed by atoms with van der Waals surface area (Å²) in [6, 6.07) is 10.5. The molecule has 3 nitrogen and oxygen atoms in total. The monoisotopic (exact) mass is 313 g/mol. The van der Waals surface area contributed by atoms with Crippen molar-refractivity contribution < 1.29 is 4.39 Å². The maximum atomic E-state index is 13.6. The fraction of sp³-hybridized carbons (Fsp3) is 0.294. The van der Waals surface area contributed by atoms with Gasteiger partial charge in [-0.25, -0.2) is 14.4 Å². The minimum atomic E-state index is -0.236. The lowest BCUT2D eigenvalue weighted by Gasteiger charge is -2.13. The molecule has 1 atom stereocenters. The van der Waals surface area contributed by atoms with Crippen LogP contribution in [0.1, 0.15) is 6.42 Å². The summed E-state index contributed by atoms with van der Waals surface area (Å²) in [6.07, 6.45) is 3.01. The van der Waals surface area contributed by atoms with Gasteiger partial charge in [0.05, 0.1) is 0 Å². The third kappa shape index (κ3) is 2.50. The van der Waals surface area contributed by atoms with Crippen LogP contribution < -0.4 is 0 Å². The Balaban J connectivity index is 1.85. The highest BCUT2D eigenvalue weighted by Crippen LogP contribution is 2.29. The molecule has 1 aromatic carbocycles. The highest BCUT2D eigenvalue weighted by atomic mass is 32.2. The Hall–Kier alpha value is -1.88. The minimum Gasteiger partial charge on any atom is -0.308 e. The molecule has 1 saturated heterocycles. The summed E-state index contributed by atoms with van der Waals surface area (Å²) in [5, 5.41) is 0. The standard InChI is InChI=1S/C17H16FN3S/c18-14-4-1-3-13(9-14)16-20-15-5-2-7-19-17(15)21(16)10-12-6-8-22-11-12/h1-5,7,9,12H,6,8,10-11H2. The van der Waals surface area contributed by atoms with Crippen molar-refractivity contribution in [1.29, 1.82) is 0 Å². The summed E-state index contributed by atoms with van der Waals surface area (Å²) >= 11 is 2.00. The average molecular weight is 313 g/mol. The molecule has 112 valence electrons. The van der Waals surface area contributed by atoms with Gasteiger partial charge in [-0.15, -0.1) is 0 Å². The van der Waals surface area contributed by atoms with Crippen LogP contribution in [0, 0.1) is 11.7 Å². The number of hydrogen-bond acceptors (Lipinski definition) is 3. The summed E-state index contributed by atoms with van der Waals surface area (Å²) in [5.41, 5.74) is 2.56. The predicted octanol–water partition coefficient (Wildman–Crippen LogP) is 3.99. The van der Waals surface area contributed by atoms with Crippen molar-refractivity contribution in [2.75, 3.05) is 11.5 Å². The van der Waals surface area contributed by atoms with Crippen molar-refractivity contribution in [3.63, 3.8) is 0 Å². The zero-order valence-electron chi connectivity index (χ0n) is 12.1. The summed E-state index contributed by atoms with van der Waals surface area (Å²) in [4.78, 5) is 9.18. The lowest BCUT2D eigenvalue weighted by Crippen LogP contribution is -2.11. The lowest BCUT2D eigenvalue weighted by atomic mass is 10.1. The molecule has 0 amide bonds. The van der Waals surface area contributed by atoms with Crippen LogP contribution in [0.2, 0.25) is 0 Å². The average Bonchev–Trinajstić information content (AvgIpc) is 3.16. The molecule has 0 spiro atoms. The fourth-order valence-corrected chi connectivity index (χ4v) is 4.24. The van der Waals surface area contributed by atoms with E-state index in [1.54, 1.807) is 18.3 Å². The number of halogens is 1. The fourth-order valence-electron chi connectivity index (χ4n) is 2.96. The SMILES string of the molecule is Fc1cccc(-c2nc3cccnc3n2CC2CCSC2)c1. The van der Waals surface area contributed by atoms with Crippen molar-refractivity contribution in [3.8, 4) is 11.4 Å². The molecule has 5 heteroatoms. The summed E-state index contributed by atoms with van der Waals surface area (Å²) < 4.78 is 15.7. The normalized spacial score (nSPS) is 18.1. The number of nitrogens with zero attached hydrogens (tertiary/aromatic N) is 3. The van der Waals surface area contributed by atoms with Gasteiger partial charge in [0.2, 0.25) is 0 Å². The quantitative estimate of drug-likeness (QED) is 0.732. The first-order chi connectivity index (χ1) is 10.8. The van der Waals surface area contributed by atoms with Gasteiger partial charge >= 0.3 is 0 Å². The maximum Gasteiger partial charge on any atom is 0.160 e. The first-order valence-corrected chi connectivity index (χ1v) is 8.61. The van der Waals surface area contributed by atoms with E-state index in [9.17, 15) is 4.39 Å². The third-order valence-corrected chi connectivity index (χ3v) is 5.28. The number of rotatable bonds is 3. The Kier molecular flexibility index (Phi) is 3.58. The van der Waals surface area contributed by atoms with E-state index in [0.29, 0.717) is 5.92 Å². The number of hydrogen-bond donors (Lipinski definition) is 0. The predicted molar refractivity (Wildman–Crippen MR) is 88.4 cm³/mol. The van der Waals surface area contributed by atoms with E-state index in [-0.39, 0.29) is 5.82 Å². The van der Waals surface area contributed by atoms with Crippen molar-refractivity contribution in [1.82, 2.24) is 14.5 Å². The van der Waals surface area contributed by atoms with Gasteiger partial charge in [-0.3, -0.25) is 0 Å². The van der Waals surface area contributed by atoms with Gasteiger partial charge in [-0.05, 0) is 48.1 Å². The molecule has 0 N–H and O–H groups in total. The van der Waals surface area contributed by atoms with E-state index in [0.717, 1.165) is 29.1 Å². The van der Waals surface area contributed by atoms with Crippen molar-refractivity contribution in [2.24, 2.45) is 5.92 Å². The van der Waals surface area contributed by atoms with Crippen LogP contribution in [0.4, 0.5) is 4.39 Å². The second-order valence-corrected chi connectivity index (χ2v) is 6.78. The van der Waals surface area contributed by atoms with Gasteiger partial charge < -0.3 is 4.57 Å². The molecule has 2 aromatic heterocycles. The van der Waals surface area contributed by atoms with E-state index in [1.807, 2.05) is 30.0 Å². The molecule has 22 heavy (non-hydrogen) atoms. The molecule has 1 fully saturated rings. The maximum absolute atomic E-state index is 13.6. The van der Waals surface area contributed by atoms with Crippen LogP contribution in [0.3, 0.4) is 0 Å². The highest BCUT2D eigenvalue weighted by Gasteiger charge is 2.20. The van der Waals surface area contributed by atoms with Crippen molar-refractivity contribution in [2.45, 2.75) is 13.0 Å². The number of fused-ring (bicyclic) bond motifs is 1. The van der Waals surface area contributed by atoms with E-state index in [2.05, 4.69) is 9.55 Å². The molecule has 3 heterocycles. The van der Waals surface area contributed by atoms with Gasteiger partial charge in [0.25, 0.3) is 0 Å². The number of pyridine rings is 1. The first kappa shape index (κ1) is 13.8. The smallest absolute Gasteiger partial charge is 0.160 e. The Morgan fingerprint density at radius 2 is 2.23 bits per heavy atom. The second-order valence-electron chi connectivity index (χ2n) is 5.63. The molecule has 1 unspecified atom stereocenters. The summed E-state index contributed by atoms with van der Waals surface area (Å²) in [6.45, 7) is 0.895. The van der Waals surface area contributed by atoms with Crippen LogP contribution >= 0.6 is 11.8 Å². The van der Waals surface area contributed by atoms with Crippen LogP contribution in [0.25, 0.3) is 22.6 Å². The Morgan fingerprint density at radius 1 is 1.27 bits per heavy atom. The number of benzene rings is 1. The van der Waals surface area contributed by atoms with Crippen LogP contribution in [0.5, 0.6) is 0 Å².